The highest BCUT2D eigenvalue weighted by Crippen LogP contribution is 2.19. The zero-order chi connectivity index (χ0) is 13.8. The highest BCUT2D eigenvalue weighted by atomic mass is 19.1. The van der Waals surface area contributed by atoms with E-state index in [1.54, 1.807) is 24.2 Å². The molecule has 1 heterocycles. The lowest BCUT2D eigenvalue weighted by molar-refractivity contribution is -0.141. The smallest absolute Gasteiger partial charge is 0.319 e. The number of carbonyl (C=O) groups is 1. The van der Waals surface area contributed by atoms with Gasteiger partial charge in [0.1, 0.15) is 5.82 Å². The van der Waals surface area contributed by atoms with Gasteiger partial charge in [0.05, 0.1) is 19.2 Å². The van der Waals surface area contributed by atoms with E-state index in [1.807, 2.05) is 6.07 Å². The number of aromatic nitrogens is 1. The van der Waals surface area contributed by atoms with Gasteiger partial charge in [-0.1, -0.05) is 6.07 Å². The van der Waals surface area contributed by atoms with E-state index in [0.29, 0.717) is 6.54 Å². The van der Waals surface area contributed by atoms with Gasteiger partial charge in [-0.2, -0.15) is 0 Å². The monoisotopic (exact) mass is 262 g/mol. The van der Waals surface area contributed by atoms with Crippen LogP contribution in [0.4, 0.5) is 4.39 Å². The number of halogens is 1. The van der Waals surface area contributed by atoms with Crippen molar-refractivity contribution in [2.45, 2.75) is 6.54 Å². The van der Waals surface area contributed by atoms with Gasteiger partial charge in [-0.25, -0.2) is 4.39 Å². The number of nitrogens with zero attached hydrogens (tertiary/aromatic N) is 2. The molecule has 4 nitrogen and oxygen atoms in total. The second-order valence-corrected chi connectivity index (χ2v) is 4.39. The first kappa shape index (κ1) is 13.4. The van der Waals surface area contributed by atoms with Crippen LogP contribution < -0.4 is 0 Å². The van der Waals surface area contributed by atoms with Crippen LogP contribution >= 0.6 is 0 Å². The molecule has 0 amide bonds. The Hall–Kier alpha value is -2.01. The zero-order valence-corrected chi connectivity index (χ0v) is 10.9. The molecule has 0 N–H and O–H groups in total. The number of hydrogen-bond donors (Lipinski definition) is 0. The molecule has 1 aromatic heterocycles. The average Bonchev–Trinajstić information content (AvgIpc) is 2.38. The minimum Gasteiger partial charge on any atom is -0.468 e. The maximum atomic E-state index is 13.5. The number of pyridine rings is 1. The summed E-state index contributed by atoms with van der Waals surface area (Å²) in [7, 11) is 3.12. The van der Waals surface area contributed by atoms with Gasteiger partial charge in [-0.3, -0.25) is 14.7 Å². The van der Waals surface area contributed by atoms with Gasteiger partial charge < -0.3 is 4.74 Å². The van der Waals surface area contributed by atoms with Crippen LogP contribution in [0, 0.1) is 5.82 Å². The van der Waals surface area contributed by atoms with E-state index in [4.69, 9.17) is 0 Å². The van der Waals surface area contributed by atoms with Crippen LogP contribution in [0.3, 0.4) is 0 Å². The molecule has 5 heteroatoms. The molecule has 0 unspecified atom stereocenters. The Morgan fingerprint density at radius 1 is 1.47 bits per heavy atom. The highest BCUT2D eigenvalue weighted by Gasteiger charge is 2.11. The van der Waals surface area contributed by atoms with E-state index >= 15 is 0 Å². The Morgan fingerprint density at radius 2 is 2.26 bits per heavy atom. The zero-order valence-electron chi connectivity index (χ0n) is 10.9. The largest absolute Gasteiger partial charge is 0.468 e. The van der Waals surface area contributed by atoms with Gasteiger partial charge >= 0.3 is 5.97 Å². The molecule has 0 radical (unpaired) electrons. The van der Waals surface area contributed by atoms with Crippen LogP contribution in [0.2, 0.25) is 0 Å². The number of methoxy groups -OCH3 is 1. The number of hydrogen-bond acceptors (Lipinski definition) is 4. The predicted molar refractivity (Wildman–Crippen MR) is 70.1 cm³/mol. The lowest BCUT2D eigenvalue weighted by Gasteiger charge is -2.16. The van der Waals surface area contributed by atoms with Crippen LogP contribution in [0.25, 0.3) is 10.9 Å². The maximum Gasteiger partial charge on any atom is 0.319 e. The first-order valence-corrected chi connectivity index (χ1v) is 5.88. The summed E-state index contributed by atoms with van der Waals surface area (Å²) in [6.45, 7) is 0.585. The Kier molecular flexibility index (Phi) is 4.06. The molecule has 100 valence electrons. The van der Waals surface area contributed by atoms with E-state index < -0.39 is 0 Å². The summed E-state index contributed by atoms with van der Waals surface area (Å²) in [5.74, 6) is -0.627. The number of benzene rings is 1. The van der Waals surface area contributed by atoms with Crippen LogP contribution in [0.1, 0.15) is 5.56 Å². The van der Waals surface area contributed by atoms with Crippen LogP contribution in [-0.4, -0.2) is 36.6 Å². The van der Waals surface area contributed by atoms with Crippen LogP contribution in [-0.2, 0) is 16.1 Å². The predicted octanol–water partition coefficient (Wildman–Crippen LogP) is 1.98. The number of ether oxygens (including phenoxy) is 1. The molecular formula is C14H15FN2O2. The topological polar surface area (TPSA) is 42.4 Å². The van der Waals surface area contributed by atoms with Gasteiger partial charge in [0.15, 0.2) is 0 Å². The van der Waals surface area contributed by atoms with Crippen LogP contribution in [0.15, 0.2) is 30.5 Å². The average molecular weight is 262 g/mol. The minimum absolute atomic E-state index is 0.154. The molecule has 0 saturated carbocycles. The fourth-order valence-electron chi connectivity index (χ4n) is 1.98. The fraction of sp³-hybridized carbons (Fsp3) is 0.286. The Bertz CT molecular complexity index is 601. The fourth-order valence-corrected chi connectivity index (χ4v) is 1.98. The Morgan fingerprint density at radius 3 is 3.00 bits per heavy atom. The molecule has 0 aliphatic carbocycles. The molecule has 2 rings (SSSR count). The standard InChI is InChI=1S/C14H15FN2O2/c1-17(9-13(18)19-2)8-11-7-12(15)6-10-4-3-5-16-14(10)11/h3-7H,8-9H2,1-2H3. The summed E-state index contributed by atoms with van der Waals surface area (Å²) in [5, 5.41) is 0.754. The highest BCUT2D eigenvalue weighted by molar-refractivity contribution is 5.81. The van der Waals surface area contributed by atoms with E-state index in [0.717, 1.165) is 16.5 Å². The molecule has 0 aliphatic heterocycles. The van der Waals surface area contributed by atoms with Gasteiger partial charge in [-0.05, 0) is 30.8 Å². The minimum atomic E-state index is -0.323. The van der Waals surface area contributed by atoms with E-state index in [1.165, 1.54) is 19.2 Å². The van der Waals surface area contributed by atoms with E-state index in [2.05, 4.69) is 9.72 Å². The molecule has 0 fully saturated rings. The van der Waals surface area contributed by atoms with Crippen molar-refractivity contribution in [2.24, 2.45) is 0 Å². The third kappa shape index (κ3) is 3.26. The summed E-state index contributed by atoms with van der Waals surface area (Å²) in [6, 6.07) is 6.48. The molecule has 2 aromatic rings. The van der Waals surface area contributed by atoms with Crippen molar-refractivity contribution in [3.8, 4) is 0 Å². The Labute approximate surface area is 110 Å². The van der Waals surface area contributed by atoms with Crippen molar-refractivity contribution in [1.29, 1.82) is 0 Å². The summed E-state index contributed by atoms with van der Waals surface area (Å²) >= 11 is 0. The molecular weight excluding hydrogens is 247 g/mol. The first-order chi connectivity index (χ1) is 9.10. The second kappa shape index (κ2) is 5.75. The molecule has 0 spiro atoms. The lowest BCUT2D eigenvalue weighted by Crippen LogP contribution is -2.26. The molecule has 1 aromatic carbocycles. The quantitative estimate of drug-likeness (QED) is 0.790. The van der Waals surface area contributed by atoms with Gasteiger partial charge in [0, 0.05) is 18.1 Å². The summed E-state index contributed by atoms with van der Waals surface area (Å²) < 4.78 is 18.1. The third-order valence-corrected chi connectivity index (χ3v) is 2.82. The van der Waals surface area contributed by atoms with Crippen molar-refractivity contribution in [3.05, 3.63) is 41.8 Å². The molecule has 19 heavy (non-hydrogen) atoms. The van der Waals surface area contributed by atoms with Crippen LogP contribution in [0.5, 0.6) is 0 Å². The van der Waals surface area contributed by atoms with E-state index in [9.17, 15) is 9.18 Å². The lowest BCUT2D eigenvalue weighted by atomic mass is 10.1. The number of rotatable bonds is 4. The van der Waals surface area contributed by atoms with Crippen molar-refractivity contribution in [3.63, 3.8) is 0 Å². The molecule has 0 bridgehead atoms. The van der Waals surface area contributed by atoms with Crippen molar-refractivity contribution >= 4 is 16.9 Å². The molecule has 0 atom stereocenters. The SMILES string of the molecule is COC(=O)CN(C)Cc1cc(F)cc2cccnc12. The second-order valence-electron chi connectivity index (χ2n) is 4.39. The van der Waals surface area contributed by atoms with Crippen molar-refractivity contribution < 1.29 is 13.9 Å². The summed E-state index contributed by atoms with van der Waals surface area (Å²) in [5.41, 5.74) is 1.50. The normalized spacial score (nSPS) is 10.9. The number of fused-ring (bicyclic) bond motifs is 1. The third-order valence-electron chi connectivity index (χ3n) is 2.82. The number of likely N-dealkylation sites (N-methyl/N-ethyl adjacent to an activating group) is 1. The van der Waals surface area contributed by atoms with Crippen molar-refractivity contribution in [1.82, 2.24) is 9.88 Å². The van der Waals surface area contributed by atoms with Gasteiger partial charge in [0.25, 0.3) is 0 Å². The van der Waals surface area contributed by atoms with Gasteiger partial charge in [0.2, 0.25) is 0 Å². The Balaban J connectivity index is 2.27. The summed E-state index contributed by atoms with van der Waals surface area (Å²) in [6.07, 6.45) is 1.67. The van der Waals surface area contributed by atoms with Crippen molar-refractivity contribution in [2.75, 3.05) is 20.7 Å². The maximum absolute atomic E-state index is 13.5. The molecule has 0 aliphatic rings. The first-order valence-electron chi connectivity index (χ1n) is 5.88. The van der Waals surface area contributed by atoms with Gasteiger partial charge in [-0.15, -0.1) is 0 Å². The number of carbonyl (C=O) groups excluding carboxylic acids is 1. The summed E-state index contributed by atoms with van der Waals surface area (Å²) in [4.78, 5) is 17.2. The number of esters is 1. The molecule has 0 saturated heterocycles. The van der Waals surface area contributed by atoms with E-state index in [-0.39, 0.29) is 18.3 Å².